The minimum Gasteiger partial charge on any atom is -0.504 e. The van der Waals surface area contributed by atoms with E-state index in [1.165, 1.54) is 41.6 Å². The topological polar surface area (TPSA) is 91.2 Å². The quantitative estimate of drug-likeness (QED) is 0.125. The van der Waals surface area contributed by atoms with E-state index < -0.39 is 0 Å². The molecule has 0 radical (unpaired) electrons. The van der Waals surface area contributed by atoms with Gasteiger partial charge in [-0.25, -0.2) is 0 Å². The minimum absolute atomic E-state index is 0.00917. The summed E-state index contributed by atoms with van der Waals surface area (Å²) in [4.78, 5) is 14.6. The number of aromatic nitrogens is 2. The Morgan fingerprint density at radius 1 is 0.712 bits per heavy atom. The first-order valence-corrected chi connectivity index (χ1v) is 18.7. The number of hydrogen-bond acceptors (Lipinski definition) is 8. The molecule has 1 saturated heterocycles. The van der Waals surface area contributed by atoms with Crippen LogP contribution >= 0.6 is 0 Å². The third-order valence-corrected chi connectivity index (χ3v) is 11.3. The first-order chi connectivity index (χ1) is 25.5. The summed E-state index contributed by atoms with van der Waals surface area (Å²) in [6.07, 6.45) is 11.6. The second-order valence-corrected chi connectivity index (χ2v) is 14.7. The van der Waals surface area contributed by atoms with Crippen LogP contribution in [0, 0.1) is 0 Å². The van der Waals surface area contributed by atoms with Crippen LogP contribution in [0.25, 0.3) is 22.5 Å². The largest absolute Gasteiger partial charge is 0.504 e. The Hall–Kier alpha value is -5.08. The van der Waals surface area contributed by atoms with Gasteiger partial charge in [-0.1, -0.05) is 24.6 Å². The summed E-state index contributed by atoms with van der Waals surface area (Å²) < 4.78 is 11.6. The summed E-state index contributed by atoms with van der Waals surface area (Å²) in [5.41, 5.74) is 9.39. The molecule has 3 aromatic carbocycles. The maximum Gasteiger partial charge on any atom is 0.164 e. The molecule has 0 bridgehead atoms. The number of benzene rings is 3. The van der Waals surface area contributed by atoms with Crippen LogP contribution in [0.5, 0.6) is 23.0 Å². The molecule has 8 heteroatoms. The number of aromatic hydroxyl groups is 2. The van der Waals surface area contributed by atoms with Crippen molar-refractivity contribution in [2.75, 3.05) is 32.2 Å². The predicted molar refractivity (Wildman–Crippen MR) is 205 cm³/mol. The van der Waals surface area contributed by atoms with Crippen LogP contribution in [0.15, 0.2) is 91.3 Å². The van der Waals surface area contributed by atoms with Gasteiger partial charge in [0, 0.05) is 72.6 Å². The van der Waals surface area contributed by atoms with E-state index in [0.29, 0.717) is 17.9 Å². The average molecular weight is 697 g/mol. The van der Waals surface area contributed by atoms with Crippen LogP contribution in [0.4, 0.5) is 5.69 Å². The van der Waals surface area contributed by atoms with Crippen molar-refractivity contribution in [1.29, 1.82) is 0 Å². The molecule has 5 aromatic rings. The molecule has 0 unspecified atom stereocenters. The van der Waals surface area contributed by atoms with Gasteiger partial charge in [-0.05, 0) is 122 Å². The van der Waals surface area contributed by atoms with Crippen molar-refractivity contribution in [2.45, 2.75) is 75.9 Å². The Morgan fingerprint density at radius 2 is 1.37 bits per heavy atom. The van der Waals surface area contributed by atoms with Crippen LogP contribution in [0.3, 0.4) is 0 Å². The fraction of sp³-hybridized carbons (Fsp3) is 0.364. The lowest BCUT2D eigenvalue weighted by Crippen LogP contribution is -2.44. The number of phenols is 2. The Morgan fingerprint density at radius 3 is 2.02 bits per heavy atom. The number of piperidine rings is 1. The zero-order valence-electron chi connectivity index (χ0n) is 30.2. The number of para-hydroxylation sites is 1. The normalized spacial score (nSPS) is 16.7. The van der Waals surface area contributed by atoms with Gasteiger partial charge >= 0.3 is 0 Å². The average Bonchev–Trinajstić information content (AvgIpc) is 4.01. The lowest BCUT2D eigenvalue weighted by molar-refractivity contribution is 0.201. The summed E-state index contributed by atoms with van der Waals surface area (Å²) in [6, 6.07) is 27.7. The van der Waals surface area contributed by atoms with Crippen LogP contribution in [-0.4, -0.2) is 58.4 Å². The molecular weight excluding hydrogens is 649 g/mol. The maximum absolute atomic E-state index is 10.4. The number of nitrogens with zero attached hydrogens (tertiary/aromatic N) is 4. The molecule has 0 spiro atoms. The van der Waals surface area contributed by atoms with Gasteiger partial charge in [-0.3, -0.25) is 14.9 Å². The highest BCUT2D eigenvalue weighted by atomic mass is 16.5. The number of phenolic OH excluding ortho intramolecular Hbond substituents is 2. The number of methoxy groups -OCH3 is 2. The van der Waals surface area contributed by atoms with E-state index in [2.05, 4.69) is 81.5 Å². The van der Waals surface area contributed by atoms with Crippen LogP contribution < -0.4 is 14.4 Å². The van der Waals surface area contributed by atoms with Crippen molar-refractivity contribution in [3.8, 4) is 45.5 Å². The van der Waals surface area contributed by atoms with Crippen LogP contribution in [0.2, 0.25) is 0 Å². The van der Waals surface area contributed by atoms with Crippen molar-refractivity contribution in [3.05, 3.63) is 114 Å². The van der Waals surface area contributed by atoms with Gasteiger partial charge in [0.05, 0.1) is 25.6 Å². The van der Waals surface area contributed by atoms with Crippen molar-refractivity contribution in [3.63, 3.8) is 0 Å². The highest BCUT2D eigenvalue weighted by Gasteiger charge is 2.30. The number of hydrogen-bond donors (Lipinski definition) is 2. The van der Waals surface area contributed by atoms with Gasteiger partial charge in [-0.15, -0.1) is 0 Å². The zero-order valence-corrected chi connectivity index (χ0v) is 30.2. The Kier molecular flexibility index (Phi) is 9.74. The summed E-state index contributed by atoms with van der Waals surface area (Å²) in [6.45, 7) is 3.63. The third kappa shape index (κ3) is 7.17. The van der Waals surface area contributed by atoms with Gasteiger partial charge in [-0.2, -0.15) is 0 Å². The van der Waals surface area contributed by atoms with Gasteiger partial charge in [0.2, 0.25) is 0 Å². The fourth-order valence-corrected chi connectivity index (χ4v) is 8.01. The van der Waals surface area contributed by atoms with Crippen molar-refractivity contribution in [1.82, 2.24) is 14.9 Å². The molecule has 3 aliphatic rings. The summed E-state index contributed by atoms with van der Waals surface area (Å²) >= 11 is 0. The van der Waals surface area contributed by atoms with Gasteiger partial charge in [0.1, 0.15) is 0 Å². The lowest BCUT2D eigenvalue weighted by Gasteiger charge is -2.40. The van der Waals surface area contributed by atoms with E-state index in [1.54, 1.807) is 20.3 Å². The predicted octanol–water partition coefficient (Wildman–Crippen LogP) is 9.06. The van der Waals surface area contributed by atoms with Crippen molar-refractivity contribution < 1.29 is 19.7 Å². The van der Waals surface area contributed by atoms with Crippen LogP contribution in [0.1, 0.15) is 79.0 Å². The molecule has 2 aliphatic carbocycles. The van der Waals surface area contributed by atoms with Crippen LogP contribution in [-0.2, 0) is 13.1 Å². The van der Waals surface area contributed by atoms with E-state index in [0.717, 1.165) is 91.4 Å². The molecule has 3 fully saturated rings. The zero-order chi connectivity index (χ0) is 35.6. The standard InChI is InChI=1S/C44H48N4O4/c1-51-42-26-34(24-38(44(42)52-2)31-7-6-8-31)40-22-30(14-18-46-40)28-48(35-9-4-3-5-10-35)36-15-19-47(20-16-36)27-29-13-17-45-39(21-29)33-23-37(32-11-12-32)43(50)41(49)25-33/h3-5,9-10,13-14,17-18,21-26,31-32,36,49-50H,6-8,11-12,15-16,19-20,27-28H2,1-2H3. The molecule has 0 amide bonds. The first-order valence-electron chi connectivity index (χ1n) is 18.7. The summed E-state index contributed by atoms with van der Waals surface area (Å²) in [7, 11) is 3.44. The number of likely N-dealkylation sites (tertiary alicyclic amines) is 1. The Bertz CT molecular complexity index is 2020. The number of pyridine rings is 2. The van der Waals surface area contributed by atoms with Crippen molar-refractivity contribution in [2.24, 2.45) is 0 Å². The molecule has 268 valence electrons. The van der Waals surface area contributed by atoms with E-state index in [4.69, 9.17) is 14.5 Å². The third-order valence-electron chi connectivity index (χ3n) is 11.3. The SMILES string of the molecule is COc1cc(-c2cc(CN(c3ccccc3)C3CCN(Cc4ccnc(-c5cc(O)c(O)c(C6CC6)c5)c4)CC3)ccn2)cc(C2CCC2)c1OC. The number of ether oxygens (including phenoxy) is 2. The Labute approximate surface area is 306 Å². The smallest absolute Gasteiger partial charge is 0.164 e. The number of anilines is 1. The molecule has 0 atom stereocenters. The molecular formula is C44H48N4O4. The number of rotatable bonds is 12. The highest BCUT2D eigenvalue weighted by Crippen LogP contribution is 2.49. The molecule has 8 nitrogen and oxygen atoms in total. The maximum atomic E-state index is 10.4. The molecule has 2 aromatic heterocycles. The van der Waals surface area contributed by atoms with E-state index in [1.807, 2.05) is 18.5 Å². The lowest BCUT2D eigenvalue weighted by atomic mass is 9.79. The molecule has 1 aliphatic heterocycles. The van der Waals surface area contributed by atoms with Gasteiger partial charge in [0.15, 0.2) is 23.0 Å². The monoisotopic (exact) mass is 696 g/mol. The van der Waals surface area contributed by atoms with Gasteiger partial charge < -0.3 is 24.6 Å². The minimum atomic E-state index is -0.0707. The molecule has 2 N–H and O–H groups in total. The Balaban J connectivity index is 0.977. The molecule has 8 rings (SSSR count). The first kappa shape index (κ1) is 34.0. The molecule has 52 heavy (non-hydrogen) atoms. The fourth-order valence-electron chi connectivity index (χ4n) is 8.01. The van der Waals surface area contributed by atoms with E-state index in [9.17, 15) is 10.2 Å². The second kappa shape index (κ2) is 14.9. The van der Waals surface area contributed by atoms with Gasteiger partial charge in [0.25, 0.3) is 0 Å². The second-order valence-electron chi connectivity index (χ2n) is 14.7. The van der Waals surface area contributed by atoms with Crippen molar-refractivity contribution >= 4 is 5.69 Å². The highest BCUT2D eigenvalue weighted by molar-refractivity contribution is 5.69. The van der Waals surface area contributed by atoms with E-state index in [-0.39, 0.29) is 11.5 Å². The molecule has 3 heterocycles. The summed E-state index contributed by atoms with van der Waals surface area (Å²) in [5, 5.41) is 20.8. The van der Waals surface area contributed by atoms with E-state index >= 15 is 0 Å². The molecule has 2 saturated carbocycles. The summed E-state index contributed by atoms with van der Waals surface area (Å²) in [5.74, 6) is 2.37.